The molecular weight excluding hydrogens is 246 g/mol. The largest absolute Gasteiger partial charge is 0.299 e. The number of unbranched alkanes of at least 4 members (excludes halogenated alkanes) is 10. The summed E-state index contributed by atoms with van der Waals surface area (Å²) in [6.07, 6.45) is 14.9. The Morgan fingerprint density at radius 1 is 0.750 bits per heavy atom. The molecule has 0 aliphatic rings. The molecule has 0 aromatic heterocycles. The zero-order valence-corrected chi connectivity index (χ0v) is 14.0. The second-order valence-corrected chi connectivity index (χ2v) is 5.49. The maximum Gasteiger partial charge on any atom is 0.0848 e. The van der Waals surface area contributed by atoms with Crippen LogP contribution in [-0.4, -0.2) is 25.3 Å². The summed E-state index contributed by atoms with van der Waals surface area (Å²) in [6, 6.07) is 0. The minimum atomic E-state index is 0.714. The number of hydrogen-bond donors (Lipinski definition) is 0. The molecule has 0 heterocycles. The van der Waals surface area contributed by atoms with E-state index in [0.29, 0.717) is 6.54 Å². The molecule has 0 aliphatic carbocycles. The molecule has 0 bridgehead atoms. The molecule has 0 radical (unpaired) electrons. The lowest BCUT2D eigenvalue weighted by Crippen LogP contribution is -2.18. The van der Waals surface area contributed by atoms with Crippen molar-refractivity contribution < 1.29 is 4.84 Å². The Bertz CT molecular complexity index is 242. The van der Waals surface area contributed by atoms with Crippen LogP contribution < -0.4 is 0 Å². The van der Waals surface area contributed by atoms with Gasteiger partial charge in [-0.15, -0.1) is 5.92 Å². The molecule has 20 heavy (non-hydrogen) atoms. The van der Waals surface area contributed by atoms with Gasteiger partial charge >= 0.3 is 0 Å². The van der Waals surface area contributed by atoms with E-state index in [9.17, 15) is 0 Å². The van der Waals surface area contributed by atoms with Crippen LogP contribution in [0.25, 0.3) is 0 Å². The van der Waals surface area contributed by atoms with Gasteiger partial charge in [0.05, 0.1) is 13.2 Å². The van der Waals surface area contributed by atoms with Gasteiger partial charge in [0.15, 0.2) is 0 Å². The van der Waals surface area contributed by atoms with Crippen LogP contribution in [0.15, 0.2) is 0 Å². The smallest absolute Gasteiger partial charge is 0.0848 e. The molecule has 0 aromatic carbocycles. The van der Waals surface area contributed by atoms with Gasteiger partial charge in [-0.05, 0) is 13.3 Å². The molecule has 2 heteroatoms. The molecule has 0 unspecified atom stereocenters. The lowest BCUT2D eigenvalue weighted by Gasteiger charge is -2.10. The van der Waals surface area contributed by atoms with Gasteiger partial charge in [0.25, 0.3) is 0 Å². The molecule has 0 atom stereocenters. The molecule has 0 aliphatic heterocycles. The van der Waals surface area contributed by atoms with E-state index in [1.165, 1.54) is 64.2 Å². The highest BCUT2D eigenvalue weighted by Crippen LogP contribution is 2.10. The van der Waals surface area contributed by atoms with Crippen LogP contribution in [0, 0.1) is 11.8 Å². The highest BCUT2D eigenvalue weighted by Gasteiger charge is 1.92. The van der Waals surface area contributed by atoms with Crippen LogP contribution in [-0.2, 0) is 4.84 Å². The predicted octanol–water partition coefficient (Wildman–Crippen LogP) is 5.18. The van der Waals surface area contributed by atoms with Crippen LogP contribution in [0.1, 0.15) is 84.5 Å². The quantitative estimate of drug-likeness (QED) is 0.262. The molecule has 0 rings (SSSR count). The van der Waals surface area contributed by atoms with Crippen molar-refractivity contribution in [1.29, 1.82) is 0 Å². The maximum absolute atomic E-state index is 5.28. The van der Waals surface area contributed by atoms with E-state index in [1.54, 1.807) is 5.06 Å². The van der Waals surface area contributed by atoms with E-state index >= 15 is 0 Å². The number of hydrogen-bond acceptors (Lipinski definition) is 2. The number of hydroxylamine groups is 2. The number of rotatable bonds is 13. The summed E-state index contributed by atoms with van der Waals surface area (Å²) in [7, 11) is 1.93. The van der Waals surface area contributed by atoms with Gasteiger partial charge in [0, 0.05) is 13.5 Å². The van der Waals surface area contributed by atoms with E-state index in [2.05, 4.69) is 18.8 Å². The Morgan fingerprint density at radius 2 is 1.30 bits per heavy atom. The van der Waals surface area contributed by atoms with Crippen molar-refractivity contribution in [2.24, 2.45) is 0 Å². The Hall–Kier alpha value is -0.520. The van der Waals surface area contributed by atoms with Crippen molar-refractivity contribution >= 4 is 0 Å². The molecular formula is C18H35NO. The third-order valence-corrected chi connectivity index (χ3v) is 3.43. The zero-order chi connectivity index (χ0) is 14.9. The van der Waals surface area contributed by atoms with Gasteiger partial charge in [0.1, 0.15) is 0 Å². The molecule has 0 N–H and O–H groups in total. The van der Waals surface area contributed by atoms with Gasteiger partial charge in [-0.25, -0.2) is 0 Å². The summed E-state index contributed by atoms with van der Waals surface area (Å²) in [4.78, 5) is 5.28. The van der Waals surface area contributed by atoms with Crippen LogP contribution in [0.3, 0.4) is 0 Å². The minimum Gasteiger partial charge on any atom is -0.299 e. The molecule has 0 saturated heterocycles. The predicted molar refractivity (Wildman–Crippen MR) is 88.5 cm³/mol. The SMILES string of the molecule is CCCCCCCCCCCCC#CCN(C)OCC. The zero-order valence-electron chi connectivity index (χ0n) is 14.0. The average Bonchev–Trinajstić information content (AvgIpc) is 2.44. The molecule has 0 saturated carbocycles. The van der Waals surface area contributed by atoms with Gasteiger partial charge in [-0.1, -0.05) is 70.6 Å². The first-order valence-corrected chi connectivity index (χ1v) is 8.61. The summed E-state index contributed by atoms with van der Waals surface area (Å²) in [5.41, 5.74) is 0. The molecule has 0 fully saturated rings. The fraction of sp³-hybridized carbons (Fsp3) is 0.889. The van der Waals surface area contributed by atoms with Crippen molar-refractivity contribution in [2.75, 3.05) is 20.2 Å². The van der Waals surface area contributed by atoms with Crippen molar-refractivity contribution in [3.63, 3.8) is 0 Å². The average molecular weight is 281 g/mol. The Labute approximate surface area is 127 Å². The highest BCUT2D eigenvalue weighted by molar-refractivity contribution is 5.00. The maximum atomic E-state index is 5.28. The van der Waals surface area contributed by atoms with Crippen LogP contribution in [0.4, 0.5) is 0 Å². The summed E-state index contributed by atoms with van der Waals surface area (Å²) < 4.78 is 0. The Balaban J connectivity index is 3.15. The third kappa shape index (κ3) is 15.5. The van der Waals surface area contributed by atoms with Gasteiger partial charge < -0.3 is 0 Å². The Morgan fingerprint density at radius 3 is 1.85 bits per heavy atom. The summed E-state index contributed by atoms with van der Waals surface area (Å²) in [6.45, 7) is 5.70. The van der Waals surface area contributed by atoms with E-state index in [4.69, 9.17) is 4.84 Å². The third-order valence-electron chi connectivity index (χ3n) is 3.43. The van der Waals surface area contributed by atoms with E-state index < -0.39 is 0 Å². The van der Waals surface area contributed by atoms with Crippen molar-refractivity contribution in [3.05, 3.63) is 0 Å². The van der Waals surface area contributed by atoms with Gasteiger partial charge in [-0.2, -0.15) is 5.06 Å². The van der Waals surface area contributed by atoms with Crippen molar-refractivity contribution in [1.82, 2.24) is 5.06 Å². The van der Waals surface area contributed by atoms with Crippen LogP contribution >= 0.6 is 0 Å². The topological polar surface area (TPSA) is 12.5 Å². The van der Waals surface area contributed by atoms with E-state index in [0.717, 1.165) is 13.0 Å². The molecule has 0 spiro atoms. The van der Waals surface area contributed by atoms with Crippen molar-refractivity contribution in [3.8, 4) is 11.8 Å². The molecule has 2 nitrogen and oxygen atoms in total. The fourth-order valence-corrected chi connectivity index (χ4v) is 2.22. The monoisotopic (exact) mass is 281 g/mol. The number of nitrogens with zero attached hydrogens (tertiary/aromatic N) is 1. The first-order valence-electron chi connectivity index (χ1n) is 8.61. The second-order valence-electron chi connectivity index (χ2n) is 5.49. The minimum absolute atomic E-state index is 0.714. The van der Waals surface area contributed by atoms with Crippen LogP contribution in [0.5, 0.6) is 0 Å². The molecule has 118 valence electrons. The van der Waals surface area contributed by atoms with E-state index in [1.807, 2.05) is 14.0 Å². The lowest BCUT2D eigenvalue weighted by atomic mass is 10.1. The second kappa shape index (κ2) is 16.5. The summed E-state index contributed by atoms with van der Waals surface area (Å²) >= 11 is 0. The lowest BCUT2D eigenvalue weighted by molar-refractivity contribution is -0.124. The summed E-state index contributed by atoms with van der Waals surface area (Å²) in [5, 5.41) is 1.80. The van der Waals surface area contributed by atoms with Gasteiger partial charge in [0.2, 0.25) is 0 Å². The van der Waals surface area contributed by atoms with Crippen LogP contribution in [0.2, 0.25) is 0 Å². The fourth-order valence-electron chi connectivity index (χ4n) is 2.22. The normalized spacial score (nSPS) is 10.6. The summed E-state index contributed by atoms with van der Waals surface area (Å²) in [5.74, 6) is 6.38. The molecule has 0 aromatic rings. The first-order chi connectivity index (χ1) is 9.81. The van der Waals surface area contributed by atoms with Gasteiger partial charge in [-0.3, -0.25) is 4.84 Å². The Kier molecular flexibility index (Phi) is 16.1. The van der Waals surface area contributed by atoms with Crippen molar-refractivity contribution in [2.45, 2.75) is 84.5 Å². The van der Waals surface area contributed by atoms with E-state index in [-0.39, 0.29) is 0 Å². The molecule has 0 amide bonds. The standard InChI is InChI=1S/C18H35NO/c1-4-6-7-8-9-10-11-12-13-14-15-16-17-18-19(3)20-5-2/h4-15,18H2,1-3H3. The first kappa shape index (κ1) is 19.5. The highest BCUT2D eigenvalue weighted by atomic mass is 16.7.